The summed E-state index contributed by atoms with van der Waals surface area (Å²) in [4.78, 5) is 17.9. The summed E-state index contributed by atoms with van der Waals surface area (Å²) in [5.41, 5.74) is 2.49. The Morgan fingerprint density at radius 1 is 1.33 bits per heavy atom. The lowest BCUT2D eigenvalue weighted by Crippen LogP contribution is -2.29. The molecule has 0 saturated carbocycles. The molecule has 0 spiro atoms. The van der Waals surface area contributed by atoms with Gasteiger partial charge in [0.1, 0.15) is 11.6 Å². The van der Waals surface area contributed by atoms with Crippen molar-refractivity contribution in [2.45, 2.75) is 19.3 Å². The minimum atomic E-state index is 0.216. The lowest BCUT2D eigenvalue weighted by molar-refractivity contribution is -0.129. The van der Waals surface area contributed by atoms with Crippen LogP contribution < -0.4 is 16.6 Å². The first-order valence-electron chi connectivity index (χ1n) is 6.25. The van der Waals surface area contributed by atoms with E-state index >= 15 is 0 Å². The van der Waals surface area contributed by atoms with Gasteiger partial charge in [-0.05, 0) is 25.0 Å². The second-order valence-corrected chi connectivity index (χ2v) is 4.32. The van der Waals surface area contributed by atoms with Crippen LogP contribution in [-0.4, -0.2) is 35.4 Å². The minimum Gasteiger partial charge on any atom is -0.369 e. The highest BCUT2D eigenvalue weighted by Crippen LogP contribution is 2.10. The van der Waals surface area contributed by atoms with Crippen LogP contribution in [0.2, 0.25) is 0 Å². The maximum absolute atomic E-state index is 11.8. The number of rotatable bonds is 5. The molecule has 18 heavy (non-hydrogen) atoms. The predicted molar refractivity (Wildman–Crippen MR) is 71.0 cm³/mol. The van der Waals surface area contributed by atoms with Crippen molar-refractivity contribution in [3.05, 3.63) is 18.2 Å². The predicted octanol–water partition coefficient (Wildman–Crippen LogP) is 0.792. The average Bonchev–Trinajstić information content (AvgIpc) is 2.93. The Bertz CT molecular complexity index is 403. The summed E-state index contributed by atoms with van der Waals surface area (Å²) < 4.78 is 0. The molecule has 1 saturated heterocycles. The molecular weight excluding hydrogens is 230 g/mol. The highest BCUT2D eigenvalue weighted by molar-refractivity contribution is 5.76. The van der Waals surface area contributed by atoms with Crippen LogP contribution in [0.25, 0.3) is 0 Å². The van der Waals surface area contributed by atoms with Crippen molar-refractivity contribution >= 4 is 17.5 Å². The van der Waals surface area contributed by atoms with Gasteiger partial charge in [0.05, 0.1) is 0 Å². The Balaban J connectivity index is 1.75. The molecule has 1 amide bonds. The molecule has 0 bridgehead atoms. The maximum Gasteiger partial charge on any atom is 0.224 e. The van der Waals surface area contributed by atoms with E-state index in [1.54, 1.807) is 6.07 Å². The monoisotopic (exact) mass is 249 g/mol. The van der Waals surface area contributed by atoms with Crippen LogP contribution in [0.1, 0.15) is 19.3 Å². The standard InChI is InChI=1S/C12H19N5O/c13-16-11-5-3-4-10(15-11)14-7-6-12(18)17-8-1-2-9-17/h3-5H,1-2,6-9,13H2,(H2,14,15,16). The van der Waals surface area contributed by atoms with Crippen LogP contribution in [0.5, 0.6) is 0 Å². The molecule has 1 aliphatic heterocycles. The summed E-state index contributed by atoms with van der Waals surface area (Å²) in [6.07, 6.45) is 2.76. The Kier molecular flexibility index (Phi) is 4.35. The fourth-order valence-corrected chi connectivity index (χ4v) is 2.04. The van der Waals surface area contributed by atoms with Crippen molar-refractivity contribution in [2.75, 3.05) is 30.4 Å². The van der Waals surface area contributed by atoms with Gasteiger partial charge >= 0.3 is 0 Å². The first-order chi connectivity index (χ1) is 8.79. The molecule has 0 radical (unpaired) electrons. The molecule has 2 rings (SSSR count). The van der Waals surface area contributed by atoms with E-state index in [0.717, 1.165) is 31.7 Å². The minimum absolute atomic E-state index is 0.216. The first kappa shape index (κ1) is 12.6. The normalized spacial score (nSPS) is 14.6. The number of hydrazine groups is 1. The lowest BCUT2D eigenvalue weighted by Gasteiger charge is -2.15. The Morgan fingerprint density at radius 2 is 2.06 bits per heavy atom. The summed E-state index contributed by atoms with van der Waals surface area (Å²) in [6, 6.07) is 5.48. The van der Waals surface area contributed by atoms with E-state index in [2.05, 4.69) is 15.7 Å². The fourth-order valence-electron chi connectivity index (χ4n) is 2.04. The number of anilines is 2. The van der Waals surface area contributed by atoms with Gasteiger partial charge in [-0.25, -0.2) is 10.8 Å². The molecule has 1 aromatic rings. The molecule has 1 fully saturated rings. The first-order valence-corrected chi connectivity index (χ1v) is 6.25. The Labute approximate surface area is 107 Å². The van der Waals surface area contributed by atoms with Crippen molar-refractivity contribution in [1.29, 1.82) is 0 Å². The van der Waals surface area contributed by atoms with Crippen LogP contribution in [0.15, 0.2) is 18.2 Å². The summed E-state index contributed by atoms with van der Waals surface area (Å²) in [5, 5.41) is 3.12. The molecule has 4 N–H and O–H groups in total. The van der Waals surface area contributed by atoms with Crippen molar-refractivity contribution in [3.63, 3.8) is 0 Å². The molecule has 98 valence electrons. The zero-order valence-electron chi connectivity index (χ0n) is 10.4. The average molecular weight is 249 g/mol. The second-order valence-electron chi connectivity index (χ2n) is 4.32. The molecule has 1 aromatic heterocycles. The number of carbonyl (C=O) groups excluding carboxylic acids is 1. The topological polar surface area (TPSA) is 83.3 Å². The SMILES string of the molecule is NNc1cccc(NCCC(=O)N2CCCC2)n1. The number of nitrogens with one attached hydrogen (secondary N) is 2. The fraction of sp³-hybridized carbons (Fsp3) is 0.500. The highest BCUT2D eigenvalue weighted by Gasteiger charge is 2.16. The summed E-state index contributed by atoms with van der Waals surface area (Å²) >= 11 is 0. The van der Waals surface area contributed by atoms with Crippen molar-refractivity contribution in [3.8, 4) is 0 Å². The van der Waals surface area contributed by atoms with Crippen LogP contribution >= 0.6 is 0 Å². The zero-order chi connectivity index (χ0) is 12.8. The molecule has 0 aromatic carbocycles. The van der Waals surface area contributed by atoms with E-state index in [-0.39, 0.29) is 5.91 Å². The molecular formula is C12H19N5O. The van der Waals surface area contributed by atoms with Gasteiger partial charge in [-0.2, -0.15) is 0 Å². The number of likely N-dealkylation sites (tertiary alicyclic amines) is 1. The van der Waals surface area contributed by atoms with Crippen molar-refractivity contribution in [2.24, 2.45) is 5.84 Å². The van der Waals surface area contributed by atoms with Gasteiger partial charge < -0.3 is 15.6 Å². The van der Waals surface area contributed by atoms with Gasteiger partial charge in [0, 0.05) is 26.1 Å². The lowest BCUT2D eigenvalue weighted by atomic mass is 10.3. The number of carbonyl (C=O) groups is 1. The molecule has 0 unspecified atom stereocenters. The van der Waals surface area contributed by atoms with E-state index in [4.69, 9.17) is 5.84 Å². The molecule has 0 atom stereocenters. The van der Waals surface area contributed by atoms with Gasteiger partial charge in [-0.3, -0.25) is 4.79 Å². The Hall–Kier alpha value is -1.82. The highest BCUT2D eigenvalue weighted by atomic mass is 16.2. The number of nitrogens with two attached hydrogens (primary N) is 1. The van der Waals surface area contributed by atoms with Gasteiger partial charge in [0.15, 0.2) is 0 Å². The van der Waals surface area contributed by atoms with Crippen LogP contribution in [0, 0.1) is 0 Å². The number of pyridine rings is 1. The molecule has 6 heteroatoms. The molecule has 1 aliphatic rings. The van der Waals surface area contributed by atoms with E-state index in [1.165, 1.54) is 0 Å². The third kappa shape index (κ3) is 3.33. The Morgan fingerprint density at radius 3 is 2.78 bits per heavy atom. The molecule has 2 heterocycles. The number of nitrogens with zero attached hydrogens (tertiary/aromatic N) is 2. The van der Waals surface area contributed by atoms with Gasteiger partial charge in [0.2, 0.25) is 5.91 Å². The van der Waals surface area contributed by atoms with Gasteiger partial charge in [-0.1, -0.05) is 6.07 Å². The second kappa shape index (κ2) is 6.20. The van der Waals surface area contributed by atoms with Crippen molar-refractivity contribution in [1.82, 2.24) is 9.88 Å². The van der Waals surface area contributed by atoms with Crippen LogP contribution in [0.4, 0.5) is 11.6 Å². The summed E-state index contributed by atoms with van der Waals surface area (Å²) in [7, 11) is 0. The summed E-state index contributed by atoms with van der Waals surface area (Å²) in [6.45, 7) is 2.41. The third-order valence-electron chi connectivity index (χ3n) is 3.00. The summed E-state index contributed by atoms with van der Waals surface area (Å²) in [5.74, 6) is 6.82. The number of amides is 1. The maximum atomic E-state index is 11.8. The van der Waals surface area contributed by atoms with Crippen LogP contribution in [-0.2, 0) is 4.79 Å². The van der Waals surface area contributed by atoms with Crippen molar-refractivity contribution < 1.29 is 4.79 Å². The number of hydrogen-bond acceptors (Lipinski definition) is 5. The van der Waals surface area contributed by atoms with E-state index in [9.17, 15) is 4.79 Å². The van der Waals surface area contributed by atoms with Gasteiger partial charge in [0.25, 0.3) is 0 Å². The molecule has 6 nitrogen and oxygen atoms in total. The number of aromatic nitrogens is 1. The third-order valence-corrected chi connectivity index (χ3v) is 3.00. The number of hydrogen-bond donors (Lipinski definition) is 3. The smallest absolute Gasteiger partial charge is 0.224 e. The zero-order valence-corrected chi connectivity index (χ0v) is 10.4. The van der Waals surface area contributed by atoms with E-state index in [0.29, 0.717) is 18.8 Å². The largest absolute Gasteiger partial charge is 0.369 e. The number of nitrogen functional groups attached to an aromatic ring is 1. The quantitative estimate of drug-likeness (QED) is 0.531. The van der Waals surface area contributed by atoms with E-state index < -0.39 is 0 Å². The van der Waals surface area contributed by atoms with Gasteiger partial charge in [-0.15, -0.1) is 0 Å². The molecule has 0 aliphatic carbocycles. The van der Waals surface area contributed by atoms with Crippen LogP contribution in [0.3, 0.4) is 0 Å². The van der Waals surface area contributed by atoms with E-state index in [1.807, 2.05) is 17.0 Å².